The number of allylic oxidation sites excluding steroid dienone is 2. The zero-order chi connectivity index (χ0) is 15.6. The van der Waals surface area contributed by atoms with Crippen LogP contribution in [0.4, 0.5) is 5.69 Å². The van der Waals surface area contributed by atoms with Crippen LogP contribution in [0.5, 0.6) is 0 Å². The number of para-hydroxylation sites is 1. The van der Waals surface area contributed by atoms with Crippen LogP contribution in [0.1, 0.15) is 56.5 Å². The Kier molecular flexibility index (Phi) is 2.46. The minimum atomic E-state index is -0.204. The maximum atomic E-state index is 12.8. The molecule has 1 aliphatic heterocycles. The van der Waals surface area contributed by atoms with Gasteiger partial charge in [0.25, 0.3) is 11.8 Å². The molecule has 0 spiro atoms. The Morgan fingerprint density at radius 1 is 0.783 bits per heavy atom. The van der Waals surface area contributed by atoms with Crippen LogP contribution in [-0.4, -0.2) is 11.8 Å². The van der Waals surface area contributed by atoms with E-state index in [0.29, 0.717) is 28.7 Å². The van der Waals surface area contributed by atoms with Gasteiger partial charge in [-0.2, -0.15) is 0 Å². The Bertz CT molecular complexity index is 829. The number of rotatable bonds is 1. The molecule has 0 aromatic heterocycles. The van der Waals surface area contributed by atoms with Gasteiger partial charge in [0.15, 0.2) is 0 Å². The van der Waals surface area contributed by atoms with Crippen LogP contribution in [0, 0.1) is 0 Å². The van der Waals surface area contributed by atoms with Crippen molar-refractivity contribution >= 4 is 17.5 Å². The second-order valence-electron chi connectivity index (χ2n) is 6.48. The average Bonchev–Trinajstić information content (AvgIpc) is 2.86. The smallest absolute Gasteiger partial charge is 0.266 e. The van der Waals surface area contributed by atoms with Gasteiger partial charge in [-0.15, -0.1) is 0 Å². The lowest BCUT2D eigenvalue weighted by atomic mass is 9.71. The molecule has 2 bridgehead atoms. The van der Waals surface area contributed by atoms with Crippen molar-refractivity contribution in [1.29, 1.82) is 0 Å². The molecule has 4 aliphatic rings. The van der Waals surface area contributed by atoms with Crippen molar-refractivity contribution in [3.8, 4) is 0 Å². The van der Waals surface area contributed by atoms with E-state index in [1.807, 2.05) is 30.3 Å². The SMILES string of the molecule is O=C1c2cc3c(cc2C(=O)N1c1ccccc1)[C@H]1C=C[C@@H]3CC1. The number of benzene rings is 2. The fourth-order valence-electron chi connectivity index (χ4n) is 4.11. The zero-order valence-electron chi connectivity index (χ0n) is 12.5. The minimum Gasteiger partial charge on any atom is -0.268 e. The molecule has 0 radical (unpaired) electrons. The molecule has 3 aliphatic carbocycles. The first-order valence-corrected chi connectivity index (χ1v) is 8.04. The predicted octanol–water partition coefficient (Wildman–Crippen LogP) is 4.02. The molecule has 3 heteroatoms. The highest BCUT2D eigenvalue weighted by Gasteiger charge is 2.40. The van der Waals surface area contributed by atoms with E-state index < -0.39 is 0 Å². The van der Waals surface area contributed by atoms with Crippen LogP contribution in [0.15, 0.2) is 54.6 Å². The van der Waals surface area contributed by atoms with Gasteiger partial charge in [-0.3, -0.25) is 9.59 Å². The lowest BCUT2D eigenvalue weighted by molar-refractivity contribution is 0.0926. The van der Waals surface area contributed by atoms with E-state index in [0.717, 1.165) is 12.8 Å². The third-order valence-electron chi connectivity index (χ3n) is 5.27. The molecule has 2 aromatic rings. The Morgan fingerprint density at radius 2 is 1.30 bits per heavy atom. The van der Waals surface area contributed by atoms with Crippen molar-refractivity contribution in [3.05, 3.63) is 76.9 Å². The van der Waals surface area contributed by atoms with Crippen LogP contribution in [0.25, 0.3) is 0 Å². The second-order valence-corrected chi connectivity index (χ2v) is 6.48. The summed E-state index contributed by atoms with van der Waals surface area (Å²) in [5.74, 6) is 0.386. The molecule has 0 saturated heterocycles. The molecular weight excluding hydrogens is 286 g/mol. The summed E-state index contributed by atoms with van der Waals surface area (Å²) < 4.78 is 0. The Hall–Kier alpha value is -2.68. The second kappa shape index (κ2) is 4.42. The van der Waals surface area contributed by atoms with Gasteiger partial charge < -0.3 is 0 Å². The largest absolute Gasteiger partial charge is 0.268 e. The molecule has 0 saturated carbocycles. The van der Waals surface area contributed by atoms with Gasteiger partial charge in [-0.1, -0.05) is 30.4 Å². The first kappa shape index (κ1) is 12.8. The number of carbonyl (C=O) groups excluding carboxylic acids is 2. The summed E-state index contributed by atoms with van der Waals surface area (Å²) in [5.41, 5.74) is 4.21. The number of fused-ring (bicyclic) bond motifs is 2. The molecule has 0 unspecified atom stereocenters. The summed E-state index contributed by atoms with van der Waals surface area (Å²) in [7, 11) is 0. The molecule has 2 amide bonds. The van der Waals surface area contributed by atoms with Gasteiger partial charge in [-0.25, -0.2) is 4.90 Å². The number of amides is 2. The Morgan fingerprint density at radius 3 is 1.78 bits per heavy atom. The van der Waals surface area contributed by atoms with E-state index in [2.05, 4.69) is 12.2 Å². The van der Waals surface area contributed by atoms with Crippen molar-refractivity contribution in [3.63, 3.8) is 0 Å². The van der Waals surface area contributed by atoms with E-state index in [-0.39, 0.29) is 11.8 Å². The molecular formula is C20H15NO2. The van der Waals surface area contributed by atoms with Crippen LogP contribution in [-0.2, 0) is 0 Å². The first-order chi connectivity index (χ1) is 11.2. The minimum absolute atomic E-state index is 0.204. The molecule has 1 heterocycles. The maximum Gasteiger partial charge on any atom is 0.266 e. The lowest BCUT2D eigenvalue weighted by Crippen LogP contribution is -2.29. The third kappa shape index (κ3) is 1.65. The number of nitrogens with zero attached hydrogens (tertiary/aromatic N) is 1. The lowest BCUT2D eigenvalue weighted by Gasteiger charge is -2.33. The van der Waals surface area contributed by atoms with Gasteiger partial charge in [0.1, 0.15) is 0 Å². The van der Waals surface area contributed by atoms with Crippen LogP contribution in [0.2, 0.25) is 0 Å². The van der Waals surface area contributed by atoms with Gasteiger partial charge in [-0.05, 0) is 48.2 Å². The highest BCUT2D eigenvalue weighted by Crippen LogP contribution is 2.46. The van der Waals surface area contributed by atoms with Gasteiger partial charge >= 0.3 is 0 Å². The predicted molar refractivity (Wildman–Crippen MR) is 87.9 cm³/mol. The third-order valence-corrected chi connectivity index (χ3v) is 5.27. The van der Waals surface area contributed by atoms with Crippen LogP contribution in [0.3, 0.4) is 0 Å². The quantitative estimate of drug-likeness (QED) is 0.589. The standard InChI is InChI=1S/C20H15NO2/c22-19-17-10-15-12-6-7-13(9-8-12)16(15)11-18(17)20(23)21(19)14-4-2-1-3-5-14/h1-7,10-13H,8-9H2/t12-,13+. The van der Waals surface area contributed by atoms with Crippen molar-refractivity contribution < 1.29 is 9.59 Å². The van der Waals surface area contributed by atoms with Gasteiger partial charge in [0, 0.05) is 11.8 Å². The molecule has 3 nitrogen and oxygen atoms in total. The van der Waals surface area contributed by atoms with E-state index in [4.69, 9.17) is 0 Å². The summed E-state index contributed by atoms with van der Waals surface area (Å²) in [6.07, 6.45) is 6.77. The molecule has 0 N–H and O–H groups in total. The Labute approximate surface area is 134 Å². The van der Waals surface area contributed by atoms with Crippen molar-refractivity contribution in [2.45, 2.75) is 24.7 Å². The number of hydrogen-bond donors (Lipinski definition) is 0. The number of carbonyl (C=O) groups is 2. The van der Waals surface area contributed by atoms with Crippen molar-refractivity contribution in [1.82, 2.24) is 0 Å². The zero-order valence-corrected chi connectivity index (χ0v) is 12.5. The monoisotopic (exact) mass is 301 g/mol. The summed E-state index contributed by atoms with van der Waals surface area (Å²) in [4.78, 5) is 26.9. The Balaban J connectivity index is 1.67. The number of anilines is 1. The molecule has 112 valence electrons. The highest BCUT2D eigenvalue weighted by atomic mass is 16.2. The molecule has 2 atom stereocenters. The normalized spacial score (nSPS) is 24.1. The fraction of sp³-hybridized carbons (Fsp3) is 0.200. The molecule has 0 fully saturated rings. The van der Waals surface area contributed by atoms with E-state index in [1.54, 1.807) is 12.1 Å². The van der Waals surface area contributed by atoms with Crippen LogP contribution >= 0.6 is 0 Å². The summed E-state index contributed by atoms with van der Waals surface area (Å²) in [5, 5.41) is 0. The van der Waals surface area contributed by atoms with Gasteiger partial charge in [0.05, 0.1) is 16.8 Å². The number of imide groups is 1. The molecule has 23 heavy (non-hydrogen) atoms. The molecule has 6 rings (SSSR count). The van der Waals surface area contributed by atoms with Crippen molar-refractivity contribution in [2.75, 3.05) is 4.90 Å². The van der Waals surface area contributed by atoms with Crippen LogP contribution < -0.4 is 4.90 Å². The topological polar surface area (TPSA) is 37.4 Å². The highest BCUT2D eigenvalue weighted by molar-refractivity contribution is 6.34. The van der Waals surface area contributed by atoms with E-state index in [1.165, 1.54) is 16.0 Å². The summed E-state index contributed by atoms with van der Waals surface area (Å²) in [6, 6.07) is 13.1. The van der Waals surface area contributed by atoms with Crippen molar-refractivity contribution in [2.24, 2.45) is 0 Å². The summed E-state index contributed by atoms with van der Waals surface area (Å²) >= 11 is 0. The van der Waals surface area contributed by atoms with E-state index in [9.17, 15) is 9.59 Å². The van der Waals surface area contributed by atoms with Gasteiger partial charge in [0.2, 0.25) is 0 Å². The maximum absolute atomic E-state index is 12.8. The summed E-state index contributed by atoms with van der Waals surface area (Å²) in [6.45, 7) is 0. The molecule has 2 aromatic carbocycles. The average molecular weight is 301 g/mol. The van der Waals surface area contributed by atoms with E-state index >= 15 is 0 Å². The first-order valence-electron chi connectivity index (χ1n) is 8.04. The fourth-order valence-corrected chi connectivity index (χ4v) is 4.11. The number of hydrogen-bond acceptors (Lipinski definition) is 2.